The number of benzene rings is 1. The van der Waals surface area contributed by atoms with Crippen LogP contribution in [0.1, 0.15) is 0 Å². The fourth-order valence-electron chi connectivity index (χ4n) is 1.58. The summed E-state index contributed by atoms with van der Waals surface area (Å²) in [7, 11) is 4.12. The van der Waals surface area contributed by atoms with Gasteiger partial charge < -0.3 is 19.7 Å². The SMILES string of the molecule is CN(C)CCNc1ccc2c(c1)OCCO2. The number of rotatable bonds is 4. The third-order valence-electron chi connectivity index (χ3n) is 2.43. The molecule has 0 aromatic heterocycles. The van der Waals surface area contributed by atoms with E-state index in [-0.39, 0.29) is 0 Å². The Kier molecular flexibility index (Phi) is 3.51. The number of nitrogens with one attached hydrogen (secondary N) is 1. The van der Waals surface area contributed by atoms with Crippen molar-refractivity contribution >= 4 is 5.69 Å². The normalized spacial score (nSPS) is 13.9. The molecule has 16 heavy (non-hydrogen) atoms. The molecule has 0 saturated heterocycles. The van der Waals surface area contributed by atoms with Crippen LogP contribution < -0.4 is 14.8 Å². The van der Waals surface area contributed by atoms with Crippen LogP contribution in [0.25, 0.3) is 0 Å². The first kappa shape index (κ1) is 11.1. The molecule has 0 saturated carbocycles. The monoisotopic (exact) mass is 222 g/mol. The van der Waals surface area contributed by atoms with Gasteiger partial charge in [-0.25, -0.2) is 0 Å². The van der Waals surface area contributed by atoms with Crippen LogP contribution in [-0.2, 0) is 0 Å². The zero-order valence-corrected chi connectivity index (χ0v) is 9.82. The highest BCUT2D eigenvalue weighted by molar-refractivity contribution is 5.55. The first-order valence-electron chi connectivity index (χ1n) is 5.54. The number of hydrogen-bond donors (Lipinski definition) is 1. The number of fused-ring (bicyclic) bond motifs is 1. The summed E-state index contributed by atoms with van der Waals surface area (Å²) in [5, 5.41) is 3.35. The lowest BCUT2D eigenvalue weighted by atomic mass is 10.2. The van der Waals surface area contributed by atoms with E-state index in [1.54, 1.807) is 0 Å². The Morgan fingerprint density at radius 2 is 1.94 bits per heavy atom. The molecule has 0 radical (unpaired) electrons. The van der Waals surface area contributed by atoms with Gasteiger partial charge in [-0.15, -0.1) is 0 Å². The Hall–Kier alpha value is -1.42. The molecule has 0 unspecified atom stereocenters. The predicted octanol–water partition coefficient (Wildman–Crippen LogP) is 1.43. The zero-order chi connectivity index (χ0) is 11.4. The summed E-state index contributed by atoms with van der Waals surface area (Å²) in [6.07, 6.45) is 0. The summed E-state index contributed by atoms with van der Waals surface area (Å²) >= 11 is 0. The zero-order valence-electron chi connectivity index (χ0n) is 9.82. The van der Waals surface area contributed by atoms with E-state index in [1.165, 1.54) is 0 Å². The molecule has 0 atom stereocenters. The molecular weight excluding hydrogens is 204 g/mol. The summed E-state index contributed by atoms with van der Waals surface area (Å²) in [6, 6.07) is 5.96. The molecule has 0 amide bonds. The van der Waals surface area contributed by atoms with E-state index in [9.17, 15) is 0 Å². The molecule has 1 N–H and O–H groups in total. The van der Waals surface area contributed by atoms with Gasteiger partial charge in [0.05, 0.1) is 0 Å². The van der Waals surface area contributed by atoms with Crippen molar-refractivity contribution in [1.82, 2.24) is 4.90 Å². The molecule has 1 heterocycles. The van der Waals surface area contributed by atoms with Crippen molar-refractivity contribution in [3.63, 3.8) is 0 Å². The lowest BCUT2D eigenvalue weighted by Crippen LogP contribution is -2.21. The van der Waals surface area contributed by atoms with Crippen LogP contribution in [0, 0.1) is 0 Å². The first-order valence-corrected chi connectivity index (χ1v) is 5.54. The van der Waals surface area contributed by atoms with Crippen LogP contribution in [0.5, 0.6) is 11.5 Å². The summed E-state index contributed by atoms with van der Waals surface area (Å²) in [4.78, 5) is 2.14. The van der Waals surface area contributed by atoms with Crippen LogP contribution in [0.3, 0.4) is 0 Å². The van der Waals surface area contributed by atoms with Gasteiger partial charge in [-0.1, -0.05) is 0 Å². The maximum Gasteiger partial charge on any atom is 0.163 e. The highest BCUT2D eigenvalue weighted by Gasteiger charge is 2.11. The highest BCUT2D eigenvalue weighted by Crippen LogP contribution is 2.32. The fourth-order valence-corrected chi connectivity index (χ4v) is 1.58. The third kappa shape index (κ3) is 2.79. The highest BCUT2D eigenvalue weighted by atomic mass is 16.6. The maximum absolute atomic E-state index is 5.52. The molecule has 0 aliphatic carbocycles. The fraction of sp³-hybridized carbons (Fsp3) is 0.500. The second-order valence-corrected chi connectivity index (χ2v) is 4.09. The number of nitrogens with zero attached hydrogens (tertiary/aromatic N) is 1. The minimum absolute atomic E-state index is 0.633. The van der Waals surface area contributed by atoms with Crippen molar-refractivity contribution in [3.8, 4) is 11.5 Å². The molecule has 0 fully saturated rings. The summed E-state index contributed by atoms with van der Waals surface area (Å²) in [5.74, 6) is 1.67. The molecule has 1 aromatic carbocycles. The molecule has 2 rings (SSSR count). The number of hydrogen-bond acceptors (Lipinski definition) is 4. The summed E-state index contributed by atoms with van der Waals surface area (Å²) in [6.45, 7) is 3.20. The molecule has 0 bridgehead atoms. The second kappa shape index (κ2) is 5.07. The van der Waals surface area contributed by atoms with E-state index in [0.29, 0.717) is 13.2 Å². The molecular formula is C12H18N2O2. The first-order chi connectivity index (χ1) is 7.75. The van der Waals surface area contributed by atoms with Gasteiger partial charge in [0, 0.05) is 24.8 Å². The van der Waals surface area contributed by atoms with Gasteiger partial charge in [0.1, 0.15) is 13.2 Å². The van der Waals surface area contributed by atoms with E-state index in [2.05, 4.69) is 24.3 Å². The maximum atomic E-state index is 5.52. The smallest absolute Gasteiger partial charge is 0.163 e. The van der Waals surface area contributed by atoms with Gasteiger partial charge in [0.15, 0.2) is 11.5 Å². The standard InChI is InChI=1S/C12H18N2O2/c1-14(2)6-5-13-10-3-4-11-12(9-10)16-8-7-15-11/h3-4,9,13H,5-8H2,1-2H3. The quantitative estimate of drug-likeness (QED) is 0.835. The minimum Gasteiger partial charge on any atom is -0.486 e. The van der Waals surface area contributed by atoms with E-state index in [4.69, 9.17) is 9.47 Å². The van der Waals surface area contributed by atoms with Gasteiger partial charge in [-0.2, -0.15) is 0 Å². The van der Waals surface area contributed by atoms with Crippen LogP contribution in [0.15, 0.2) is 18.2 Å². The molecule has 4 heteroatoms. The molecule has 4 nitrogen and oxygen atoms in total. The number of likely N-dealkylation sites (N-methyl/N-ethyl adjacent to an activating group) is 1. The Bertz CT molecular complexity index is 353. The van der Waals surface area contributed by atoms with Crippen molar-refractivity contribution in [2.75, 3.05) is 45.7 Å². The molecule has 1 aliphatic heterocycles. The third-order valence-corrected chi connectivity index (χ3v) is 2.43. The second-order valence-electron chi connectivity index (χ2n) is 4.09. The summed E-state index contributed by atoms with van der Waals surface area (Å²) < 4.78 is 11.0. The van der Waals surface area contributed by atoms with E-state index >= 15 is 0 Å². The van der Waals surface area contributed by atoms with Crippen molar-refractivity contribution in [2.24, 2.45) is 0 Å². The molecule has 0 spiro atoms. The average molecular weight is 222 g/mol. The Labute approximate surface area is 96.2 Å². The minimum atomic E-state index is 0.633. The van der Waals surface area contributed by atoms with Gasteiger partial charge in [-0.05, 0) is 26.2 Å². The Morgan fingerprint density at radius 3 is 2.69 bits per heavy atom. The van der Waals surface area contributed by atoms with E-state index in [0.717, 1.165) is 30.3 Å². The van der Waals surface area contributed by atoms with Gasteiger partial charge in [-0.3, -0.25) is 0 Å². The lowest BCUT2D eigenvalue weighted by Gasteiger charge is -2.19. The van der Waals surface area contributed by atoms with Crippen LogP contribution in [0.4, 0.5) is 5.69 Å². The van der Waals surface area contributed by atoms with Crippen molar-refractivity contribution in [1.29, 1.82) is 0 Å². The van der Waals surface area contributed by atoms with Crippen molar-refractivity contribution in [2.45, 2.75) is 0 Å². The number of ether oxygens (including phenoxy) is 2. The van der Waals surface area contributed by atoms with Crippen LogP contribution in [-0.4, -0.2) is 45.3 Å². The summed E-state index contributed by atoms with van der Waals surface area (Å²) in [5.41, 5.74) is 1.08. The Morgan fingerprint density at radius 1 is 1.19 bits per heavy atom. The van der Waals surface area contributed by atoms with Crippen molar-refractivity contribution < 1.29 is 9.47 Å². The predicted molar refractivity (Wildman–Crippen MR) is 64.5 cm³/mol. The van der Waals surface area contributed by atoms with E-state index in [1.807, 2.05) is 18.2 Å². The van der Waals surface area contributed by atoms with Crippen LogP contribution in [0.2, 0.25) is 0 Å². The van der Waals surface area contributed by atoms with Crippen molar-refractivity contribution in [3.05, 3.63) is 18.2 Å². The number of anilines is 1. The molecule has 1 aromatic rings. The molecule has 88 valence electrons. The topological polar surface area (TPSA) is 33.7 Å². The Balaban J connectivity index is 1.95. The van der Waals surface area contributed by atoms with Gasteiger partial charge >= 0.3 is 0 Å². The lowest BCUT2D eigenvalue weighted by molar-refractivity contribution is 0.171. The average Bonchev–Trinajstić information content (AvgIpc) is 2.28. The molecule has 1 aliphatic rings. The van der Waals surface area contributed by atoms with Gasteiger partial charge in [0.2, 0.25) is 0 Å². The van der Waals surface area contributed by atoms with Crippen LogP contribution >= 0.6 is 0 Å². The van der Waals surface area contributed by atoms with Gasteiger partial charge in [0.25, 0.3) is 0 Å². The van der Waals surface area contributed by atoms with E-state index < -0.39 is 0 Å². The largest absolute Gasteiger partial charge is 0.486 e.